The molecule has 0 unspecified atom stereocenters. The molecule has 0 radical (unpaired) electrons. The molecule has 1 amide bonds. The number of carbonyl (C=O) groups excluding carboxylic acids is 1. The Balaban J connectivity index is 1.66. The molecule has 7 nitrogen and oxygen atoms in total. The SMILES string of the molecule is COc1cc(OC)c(NC(=O)CSc2nnc(-c3cccs3)n2C)cc1Cl. The zero-order chi connectivity index (χ0) is 19.4. The van der Waals surface area contributed by atoms with Crippen molar-refractivity contribution in [2.75, 3.05) is 25.3 Å². The number of nitrogens with one attached hydrogen (secondary N) is 1. The van der Waals surface area contributed by atoms with Crippen LogP contribution >= 0.6 is 34.7 Å². The predicted octanol–water partition coefficient (Wildman–Crippen LogP) is 3.95. The van der Waals surface area contributed by atoms with Gasteiger partial charge in [0.15, 0.2) is 11.0 Å². The Labute approximate surface area is 169 Å². The standard InChI is InChI=1S/C17H17ClN4O3S2/c1-22-16(14-5-4-6-26-14)20-21-17(22)27-9-15(23)19-11-7-10(18)12(24-2)8-13(11)25-3/h4-8H,9H2,1-3H3,(H,19,23). The second-order valence-corrected chi connectivity index (χ2v) is 7.66. The molecule has 27 heavy (non-hydrogen) atoms. The van der Waals surface area contributed by atoms with Gasteiger partial charge in [-0.05, 0) is 17.5 Å². The number of thioether (sulfide) groups is 1. The van der Waals surface area contributed by atoms with Gasteiger partial charge in [0.2, 0.25) is 5.91 Å². The second kappa shape index (κ2) is 8.64. The molecule has 2 aromatic heterocycles. The lowest BCUT2D eigenvalue weighted by molar-refractivity contribution is -0.113. The predicted molar refractivity (Wildman–Crippen MR) is 108 cm³/mol. The van der Waals surface area contributed by atoms with E-state index in [-0.39, 0.29) is 11.7 Å². The van der Waals surface area contributed by atoms with Gasteiger partial charge < -0.3 is 19.4 Å². The molecule has 1 N–H and O–H groups in total. The molecule has 0 aliphatic carbocycles. The highest BCUT2D eigenvalue weighted by atomic mass is 35.5. The van der Waals surface area contributed by atoms with Gasteiger partial charge in [0.25, 0.3) is 0 Å². The molecule has 142 valence electrons. The minimum atomic E-state index is -0.208. The first-order valence-corrected chi connectivity index (χ1v) is 10.0. The molecule has 0 bridgehead atoms. The van der Waals surface area contributed by atoms with Crippen LogP contribution in [0.15, 0.2) is 34.8 Å². The lowest BCUT2D eigenvalue weighted by atomic mass is 10.2. The monoisotopic (exact) mass is 424 g/mol. The van der Waals surface area contributed by atoms with Gasteiger partial charge in [0.1, 0.15) is 11.5 Å². The fourth-order valence-corrected chi connectivity index (χ4v) is 4.03. The maximum atomic E-state index is 12.3. The summed E-state index contributed by atoms with van der Waals surface area (Å²) in [5.74, 6) is 1.68. The molecule has 10 heteroatoms. The number of carbonyl (C=O) groups is 1. The average molecular weight is 425 g/mol. The number of halogens is 1. The quantitative estimate of drug-likeness (QED) is 0.578. The summed E-state index contributed by atoms with van der Waals surface area (Å²) < 4.78 is 12.3. The van der Waals surface area contributed by atoms with Gasteiger partial charge >= 0.3 is 0 Å². The Bertz CT molecular complexity index is 944. The van der Waals surface area contributed by atoms with Crippen LogP contribution in [0.3, 0.4) is 0 Å². The molecule has 0 atom stereocenters. The summed E-state index contributed by atoms with van der Waals surface area (Å²) >= 11 is 9.02. The van der Waals surface area contributed by atoms with Crippen LogP contribution in [-0.4, -0.2) is 40.6 Å². The number of thiophene rings is 1. The molecule has 0 saturated carbocycles. The van der Waals surface area contributed by atoms with Crippen LogP contribution in [0.1, 0.15) is 0 Å². The first kappa shape index (κ1) is 19.5. The number of benzene rings is 1. The number of ether oxygens (including phenoxy) is 2. The molecule has 3 aromatic rings. The molecular formula is C17H17ClN4O3S2. The van der Waals surface area contributed by atoms with E-state index in [1.54, 1.807) is 23.5 Å². The number of methoxy groups -OCH3 is 2. The summed E-state index contributed by atoms with van der Waals surface area (Å²) in [6.07, 6.45) is 0. The zero-order valence-corrected chi connectivity index (χ0v) is 17.2. The lowest BCUT2D eigenvalue weighted by Gasteiger charge is -2.13. The van der Waals surface area contributed by atoms with Crippen LogP contribution in [0.2, 0.25) is 5.02 Å². The Morgan fingerprint density at radius 2 is 2.07 bits per heavy atom. The number of amides is 1. The maximum absolute atomic E-state index is 12.3. The summed E-state index contributed by atoms with van der Waals surface area (Å²) in [6.45, 7) is 0. The van der Waals surface area contributed by atoms with E-state index in [0.29, 0.717) is 27.4 Å². The van der Waals surface area contributed by atoms with Crippen molar-refractivity contribution in [3.8, 4) is 22.2 Å². The molecule has 2 heterocycles. The van der Waals surface area contributed by atoms with Crippen molar-refractivity contribution < 1.29 is 14.3 Å². The van der Waals surface area contributed by atoms with Crippen molar-refractivity contribution in [1.82, 2.24) is 14.8 Å². The molecule has 0 saturated heterocycles. The van der Waals surface area contributed by atoms with Gasteiger partial charge in [-0.3, -0.25) is 4.79 Å². The minimum absolute atomic E-state index is 0.170. The maximum Gasteiger partial charge on any atom is 0.234 e. The van der Waals surface area contributed by atoms with Crippen molar-refractivity contribution in [2.24, 2.45) is 7.05 Å². The fraction of sp³-hybridized carbons (Fsp3) is 0.235. The van der Waals surface area contributed by atoms with Gasteiger partial charge in [-0.25, -0.2) is 0 Å². The van der Waals surface area contributed by atoms with Crippen molar-refractivity contribution in [3.05, 3.63) is 34.7 Å². The molecular weight excluding hydrogens is 408 g/mol. The number of rotatable bonds is 7. The Kier molecular flexibility index (Phi) is 6.25. The van der Waals surface area contributed by atoms with Crippen LogP contribution in [0, 0.1) is 0 Å². The summed E-state index contributed by atoms with van der Waals surface area (Å²) in [4.78, 5) is 13.4. The highest BCUT2D eigenvalue weighted by Gasteiger charge is 2.16. The van der Waals surface area contributed by atoms with Crippen LogP contribution in [0.25, 0.3) is 10.7 Å². The van der Waals surface area contributed by atoms with Crippen LogP contribution in [0.4, 0.5) is 5.69 Å². The summed E-state index contributed by atoms with van der Waals surface area (Å²) in [5, 5.41) is 14.2. The summed E-state index contributed by atoms with van der Waals surface area (Å²) in [5.41, 5.74) is 0.478. The van der Waals surface area contributed by atoms with E-state index in [1.165, 1.54) is 26.0 Å². The van der Waals surface area contributed by atoms with Gasteiger partial charge in [-0.15, -0.1) is 21.5 Å². The van der Waals surface area contributed by atoms with E-state index in [9.17, 15) is 4.79 Å². The second-order valence-electron chi connectivity index (χ2n) is 5.37. The van der Waals surface area contributed by atoms with Crippen LogP contribution < -0.4 is 14.8 Å². The number of hydrogen-bond donors (Lipinski definition) is 1. The molecule has 0 aliphatic heterocycles. The topological polar surface area (TPSA) is 78.3 Å². The van der Waals surface area contributed by atoms with E-state index in [2.05, 4.69) is 15.5 Å². The van der Waals surface area contributed by atoms with Crippen molar-refractivity contribution in [3.63, 3.8) is 0 Å². The minimum Gasteiger partial charge on any atom is -0.495 e. The van der Waals surface area contributed by atoms with E-state index in [1.807, 2.05) is 29.1 Å². The largest absolute Gasteiger partial charge is 0.495 e. The highest BCUT2D eigenvalue weighted by Crippen LogP contribution is 2.36. The van der Waals surface area contributed by atoms with Gasteiger partial charge in [-0.2, -0.15) is 0 Å². The zero-order valence-electron chi connectivity index (χ0n) is 14.9. The Morgan fingerprint density at radius 1 is 1.30 bits per heavy atom. The van der Waals surface area contributed by atoms with Crippen LogP contribution in [0.5, 0.6) is 11.5 Å². The van der Waals surface area contributed by atoms with Gasteiger partial charge in [0.05, 0.1) is 35.6 Å². The number of hydrogen-bond acceptors (Lipinski definition) is 7. The normalized spacial score (nSPS) is 10.7. The van der Waals surface area contributed by atoms with E-state index < -0.39 is 0 Å². The molecule has 0 fully saturated rings. The van der Waals surface area contributed by atoms with Crippen molar-refractivity contribution >= 4 is 46.3 Å². The average Bonchev–Trinajstić information content (AvgIpc) is 3.30. The van der Waals surface area contributed by atoms with Gasteiger partial charge in [-0.1, -0.05) is 29.4 Å². The third-order valence-electron chi connectivity index (χ3n) is 3.66. The van der Waals surface area contributed by atoms with Crippen molar-refractivity contribution in [1.29, 1.82) is 0 Å². The third-order valence-corrected chi connectivity index (χ3v) is 5.84. The highest BCUT2D eigenvalue weighted by molar-refractivity contribution is 7.99. The van der Waals surface area contributed by atoms with Crippen LogP contribution in [-0.2, 0) is 11.8 Å². The Morgan fingerprint density at radius 3 is 2.74 bits per heavy atom. The smallest absolute Gasteiger partial charge is 0.234 e. The molecule has 1 aromatic carbocycles. The Hall–Kier alpha value is -2.23. The first-order valence-electron chi connectivity index (χ1n) is 7.81. The van der Waals surface area contributed by atoms with E-state index in [0.717, 1.165) is 10.7 Å². The summed E-state index contributed by atoms with van der Waals surface area (Å²) in [6, 6.07) is 7.16. The summed E-state index contributed by atoms with van der Waals surface area (Å²) in [7, 11) is 4.90. The number of nitrogens with zero attached hydrogens (tertiary/aromatic N) is 3. The van der Waals surface area contributed by atoms with Gasteiger partial charge in [0, 0.05) is 13.1 Å². The van der Waals surface area contributed by atoms with E-state index >= 15 is 0 Å². The molecule has 3 rings (SSSR count). The number of anilines is 1. The molecule has 0 aliphatic rings. The third kappa shape index (κ3) is 4.37. The van der Waals surface area contributed by atoms with Crippen molar-refractivity contribution in [2.45, 2.75) is 5.16 Å². The first-order chi connectivity index (χ1) is 13.0. The number of aromatic nitrogens is 3. The fourth-order valence-electron chi connectivity index (χ4n) is 2.34. The van der Waals surface area contributed by atoms with E-state index in [4.69, 9.17) is 21.1 Å². The lowest BCUT2D eigenvalue weighted by Crippen LogP contribution is -2.15. The molecule has 0 spiro atoms.